The Kier molecular flexibility index (Phi) is 6.72. The average molecular weight is 827 g/mol. The van der Waals surface area contributed by atoms with Gasteiger partial charge in [0.1, 0.15) is 22.3 Å². The van der Waals surface area contributed by atoms with Crippen LogP contribution in [0.1, 0.15) is 77.6 Å². The van der Waals surface area contributed by atoms with Crippen molar-refractivity contribution in [2.45, 2.75) is 71.6 Å². The Morgan fingerprint density at radius 1 is 0.469 bits per heavy atom. The summed E-state index contributed by atoms with van der Waals surface area (Å²) >= 11 is 0. The molecule has 14 rings (SSSR count). The lowest BCUT2D eigenvalue weighted by molar-refractivity contribution is 0.587. The molecule has 11 aromatic rings. The first-order valence-electron chi connectivity index (χ1n) is 22.9. The highest BCUT2D eigenvalue weighted by molar-refractivity contribution is 6.94. The number of fused-ring (bicyclic) bond motifs is 17. The molecule has 2 aliphatic heterocycles. The Balaban J connectivity index is 1.14. The number of anilines is 2. The number of hydrogen-bond acceptors (Lipinski definition) is 3. The van der Waals surface area contributed by atoms with Crippen molar-refractivity contribution < 1.29 is 8.83 Å². The molecule has 3 aromatic heterocycles. The standard InChI is InChI=1S/C59H47BN2O2/c1-57(2,3)32-17-20-34(21-18-32)62-49-28-43-37-22-19-33(58(4,5)6)25-52(37)64-53(43)30-42(49)38-23-24-39-41-26-46-40(35-13-9-11-15-45(35)59(46,7)8)27-48(41)61-50-29-44-36-14-10-12-16-51(36)63-54(44)31-47(50)60(62)55(38)56(39)61/h9-31H,1-8H3. The maximum atomic E-state index is 6.85. The van der Waals surface area contributed by atoms with Crippen LogP contribution in [0.2, 0.25) is 0 Å². The van der Waals surface area contributed by atoms with Gasteiger partial charge in [0.05, 0.1) is 11.0 Å². The number of rotatable bonds is 1. The zero-order valence-corrected chi connectivity index (χ0v) is 37.6. The molecule has 1 aliphatic carbocycles. The van der Waals surface area contributed by atoms with Crippen LogP contribution in [-0.4, -0.2) is 11.4 Å². The SMILES string of the molecule is CC(C)(C)c1ccc(N2B3c4cc5oc6ccccc6c5cc4-n4c5cc6c(cc5c5ccc(c3c54)-c3cc4oc5cc(C(C)(C)C)ccc5c4cc32)C(C)(C)c2ccccc2-6)cc1. The molecule has 308 valence electrons. The van der Waals surface area contributed by atoms with Crippen molar-refractivity contribution in [3.05, 3.63) is 162 Å². The van der Waals surface area contributed by atoms with Crippen LogP contribution in [0.15, 0.2) is 148 Å². The van der Waals surface area contributed by atoms with Gasteiger partial charge in [0.15, 0.2) is 0 Å². The van der Waals surface area contributed by atoms with E-state index in [-0.39, 0.29) is 23.1 Å². The lowest BCUT2D eigenvalue weighted by Crippen LogP contribution is -2.60. The smallest absolute Gasteiger partial charge is 0.333 e. The Morgan fingerprint density at radius 2 is 1.12 bits per heavy atom. The van der Waals surface area contributed by atoms with Crippen LogP contribution in [0.4, 0.5) is 11.4 Å². The Bertz CT molecular complexity index is 3900. The number of aromatic nitrogens is 1. The summed E-state index contributed by atoms with van der Waals surface area (Å²) in [5, 5.41) is 7.11. The maximum absolute atomic E-state index is 6.85. The number of benzene rings is 8. The van der Waals surface area contributed by atoms with Crippen molar-refractivity contribution >= 4 is 94.8 Å². The van der Waals surface area contributed by atoms with E-state index in [1.54, 1.807) is 0 Å². The van der Waals surface area contributed by atoms with Crippen molar-refractivity contribution in [1.82, 2.24) is 4.57 Å². The summed E-state index contributed by atoms with van der Waals surface area (Å²) in [4.78, 5) is 2.62. The van der Waals surface area contributed by atoms with Gasteiger partial charge in [0.2, 0.25) is 0 Å². The van der Waals surface area contributed by atoms with Gasteiger partial charge in [-0.1, -0.05) is 134 Å². The normalized spacial score (nSPS) is 14.9. The molecule has 0 bridgehead atoms. The number of hydrogen-bond donors (Lipinski definition) is 0. The van der Waals surface area contributed by atoms with Crippen LogP contribution in [0.25, 0.3) is 93.6 Å². The van der Waals surface area contributed by atoms with Gasteiger partial charge in [0.25, 0.3) is 0 Å². The van der Waals surface area contributed by atoms with E-state index in [1.807, 2.05) is 0 Å². The van der Waals surface area contributed by atoms with Crippen molar-refractivity contribution in [2.24, 2.45) is 0 Å². The second kappa shape index (κ2) is 11.8. The molecule has 5 heterocycles. The van der Waals surface area contributed by atoms with Crippen LogP contribution in [0.5, 0.6) is 0 Å². The first-order chi connectivity index (χ1) is 30.7. The van der Waals surface area contributed by atoms with E-state index in [4.69, 9.17) is 8.83 Å². The zero-order valence-electron chi connectivity index (χ0n) is 37.6. The Hall–Kier alpha value is -6.98. The molecule has 0 N–H and O–H groups in total. The second-order valence-electron chi connectivity index (χ2n) is 21.3. The number of para-hydroxylation sites is 1. The first-order valence-corrected chi connectivity index (χ1v) is 22.9. The Labute approximate surface area is 372 Å². The molecule has 0 radical (unpaired) electrons. The van der Waals surface area contributed by atoms with Crippen LogP contribution in [0.3, 0.4) is 0 Å². The van der Waals surface area contributed by atoms with Gasteiger partial charge in [-0.05, 0) is 121 Å². The largest absolute Gasteiger partial charge is 0.456 e. The van der Waals surface area contributed by atoms with Gasteiger partial charge < -0.3 is 18.2 Å². The van der Waals surface area contributed by atoms with Gasteiger partial charge in [0, 0.05) is 60.4 Å². The molecule has 0 atom stereocenters. The first kappa shape index (κ1) is 36.5. The number of furan rings is 2. The molecule has 5 heteroatoms. The van der Waals surface area contributed by atoms with Gasteiger partial charge in [-0.15, -0.1) is 0 Å². The van der Waals surface area contributed by atoms with Crippen molar-refractivity contribution in [2.75, 3.05) is 4.81 Å². The molecule has 0 spiro atoms. The predicted octanol–water partition coefficient (Wildman–Crippen LogP) is 14.7. The monoisotopic (exact) mass is 826 g/mol. The van der Waals surface area contributed by atoms with Crippen molar-refractivity contribution in [3.8, 4) is 27.9 Å². The summed E-state index contributed by atoms with van der Waals surface area (Å²) in [5.74, 6) is 0. The summed E-state index contributed by atoms with van der Waals surface area (Å²) in [5.41, 5.74) is 22.6. The van der Waals surface area contributed by atoms with E-state index < -0.39 is 0 Å². The van der Waals surface area contributed by atoms with Gasteiger partial charge in [-0.2, -0.15) is 0 Å². The van der Waals surface area contributed by atoms with Gasteiger partial charge >= 0.3 is 6.85 Å². The molecule has 0 fully saturated rings. The van der Waals surface area contributed by atoms with E-state index in [9.17, 15) is 0 Å². The van der Waals surface area contributed by atoms with E-state index >= 15 is 0 Å². The molecule has 0 saturated heterocycles. The minimum absolute atomic E-state index is 0.00555. The molecule has 8 aromatic carbocycles. The highest BCUT2D eigenvalue weighted by atomic mass is 16.3. The van der Waals surface area contributed by atoms with Crippen LogP contribution in [0, 0.1) is 0 Å². The van der Waals surface area contributed by atoms with E-state index in [0.717, 1.165) is 49.6 Å². The summed E-state index contributed by atoms with van der Waals surface area (Å²) < 4.78 is 16.2. The third-order valence-electron chi connectivity index (χ3n) is 15.3. The Morgan fingerprint density at radius 3 is 1.92 bits per heavy atom. The molecule has 0 unspecified atom stereocenters. The molecule has 3 aliphatic rings. The van der Waals surface area contributed by atoms with Crippen molar-refractivity contribution in [1.29, 1.82) is 0 Å². The second-order valence-corrected chi connectivity index (χ2v) is 21.3. The highest BCUT2D eigenvalue weighted by Crippen LogP contribution is 2.53. The fourth-order valence-corrected chi connectivity index (χ4v) is 11.9. The van der Waals surface area contributed by atoms with E-state index in [2.05, 4.69) is 204 Å². The minimum Gasteiger partial charge on any atom is -0.456 e. The van der Waals surface area contributed by atoms with E-state index in [0.29, 0.717) is 0 Å². The molecule has 64 heavy (non-hydrogen) atoms. The maximum Gasteiger partial charge on any atom is 0.333 e. The molecule has 0 amide bonds. The molecule has 0 saturated carbocycles. The van der Waals surface area contributed by atoms with Crippen LogP contribution >= 0.6 is 0 Å². The van der Waals surface area contributed by atoms with Crippen LogP contribution < -0.4 is 15.7 Å². The third kappa shape index (κ3) is 4.59. The summed E-state index contributed by atoms with van der Waals surface area (Å²) in [6.45, 7) is 18.3. The fourth-order valence-electron chi connectivity index (χ4n) is 11.9. The molecular weight excluding hydrogens is 779 g/mol. The van der Waals surface area contributed by atoms with Gasteiger partial charge in [-0.25, -0.2) is 0 Å². The minimum atomic E-state index is -0.150. The fraction of sp³-hybridized carbons (Fsp3) is 0.186. The molecular formula is C59H47BN2O2. The third-order valence-corrected chi connectivity index (χ3v) is 15.3. The highest BCUT2D eigenvalue weighted by Gasteiger charge is 2.45. The van der Waals surface area contributed by atoms with Crippen LogP contribution in [-0.2, 0) is 16.2 Å². The average Bonchev–Trinajstić information content (AvgIpc) is 3.99. The summed E-state index contributed by atoms with van der Waals surface area (Å²) in [7, 11) is 0. The molecule has 4 nitrogen and oxygen atoms in total. The quantitative estimate of drug-likeness (QED) is 0.155. The topological polar surface area (TPSA) is 34.5 Å². The predicted molar refractivity (Wildman–Crippen MR) is 269 cm³/mol. The van der Waals surface area contributed by atoms with Gasteiger partial charge in [-0.3, -0.25) is 0 Å². The van der Waals surface area contributed by atoms with E-state index in [1.165, 1.54) is 88.6 Å². The summed E-state index contributed by atoms with van der Waals surface area (Å²) in [6, 6.07) is 52.9. The zero-order chi connectivity index (χ0) is 43.3. The number of nitrogens with zero attached hydrogens (tertiary/aromatic N) is 2. The van der Waals surface area contributed by atoms with Crippen molar-refractivity contribution in [3.63, 3.8) is 0 Å². The summed E-state index contributed by atoms with van der Waals surface area (Å²) in [6.07, 6.45) is 0. The lowest BCUT2D eigenvalue weighted by atomic mass is 9.44. The lowest BCUT2D eigenvalue weighted by Gasteiger charge is -2.42.